The van der Waals surface area contributed by atoms with Crippen molar-refractivity contribution in [3.63, 3.8) is 0 Å². The molecule has 2 fully saturated rings. The molecule has 1 unspecified atom stereocenters. The number of hydrogen-bond acceptors (Lipinski definition) is 7. The number of nitrogens with zero attached hydrogens (tertiary/aromatic N) is 8. The number of carbonyl (C=O) groups is 1. The van der Waals surface area contributed by atoms with E-state index in [0.29, 0.717) is 11.4 Å². The van der Waals surface area contributed by atoms with E-state index in [9.17, 15) is 4.79 Å². The molecule has 1 spiro atoms. The minimum absolute atomic E-state index is 0.0633. The summed E-state index contributed by atoms with van der Waals surface area (Å²) in [6.45, 7) is 7.28. The Bertz CT molecular complexity index is 1080. The zero-order valence-corrected chi connectivity index (χ0v) is 17.9. The van der Waals surface area contributed by atoms with E-state index < -0.39 is 0 Å². The van der Waals surface area contributed by atoms with E-state index in [1.54, 1.807) is 24.7 Å². The van der Waals surface area contributed by atoms with Crippen LogP contribution in [0.4, 0.5) is 5.95 Å². The third-order valence-electron chi connectivity index (χ3n) is 6.26. The number of likely N-dealkylation sites (tertiary alicyclic amines) is 1. The van der Waals surface area contributed by atoms with Gasteiger partial charge in [0.2, 0.25) is 5.95 Å². The summed E-state index contributed by atoms with van der Waals surface area (Å²) < 4.78 is 0. The highest BCUT2D eigenvalue weighted by molar-refractivity contribution is 5.95. The third-order valence-corrected chi connectivity index (χ3v) is 6.26. The SMILES string of the molecule is Cc1cc(C)nc(N2CCCC3(CCN(C(=O)c4ncccc4-n4nccn4)C3)C2)n1. The topological polar surface area (TPSA) is 92.9 Å². The summed E-state index contributed by atoms with van der Waals surface area (Å²) in [5, 5.41) is 8.34. The summed E-state index contributed by atoms with van der Waals surface area (Å²) in [6.07, 6.45) is 7.99. The van der Waals surface area contributed by atoms with Crippen LogP contribution in [0.1, 0.15) is 41.1 Å². The van der Waals surface area contributed by atoms with Crippen molar-refractivity contribution in [1.82, 2.24) is 34.8 Å². The Kier molecular flexibility index (Phi) is 4.88. The number of amides is 1. The molecule has 5 heterocycles. The summed E-state index contributed by atoms with van der Waals surface area (Å²) in [7, 11) is 0. The summed E-state index contributed by atoms with van der Waals surface area (Å²) in [6, 6.07) is 5.62. The number of anilines is 1. The molecule has 0 aliphatic carbocycles. The summed E-state index contributed by atoms with van der Waals surface area (Å²) in [5.41, 5.74) is 3.03. The fraction of sp³-hybridized carbons (Fsp3) is 0.455. The first-order valence-electron chi connectivity index (χ1n) is 10.7. The van der Waals surface area contributed by atoms with E-state index in [0.717, 1.165) is 62.8 Å². The fourth-order valence-electron chi connectivity index (χ4n) is 4.88. The maximum absolute atomic E-state index is 13.4. The average molecular weight is 419 g/mol. The molecule has 5 rings (SSSR count). The Hall–Kier alpha value is -3.36. The van der Waals surface area contributed by atoms with Crippen LogP contribution >= 0.6 is 0 Å². The Morgan fingerprint density at radius 1 is 1.00 bits per heavy atom. The van der Waals surface area contributed by atoms with Crippen molar-refractivity contribution in [2.45, 2.75) is 33.1 Å². The molecule has 2 saturated heterocycles. The number of pyridine rings is 1. The molecule has 0 radical (unpaired) electrons. The standard InChI is InChI=1S/C22H26N8O/c1-16-13-17(2)27-21(26-16)29-11-4-6-22(15-29)7-12-28(14-22)20(31)19-18(5-3-8-23-19)30-24-9-10-25-30/h3,5,8-10,13H,4,6-7,11-12,14-15H2,1-2H3. The predicted molar refractivity (Wildman–Crippen MR) is 115 cm³/mol. The maximum atomic E-state index is 13.4. The minimum Gasteiger partial charge on any atom is -0.340 e. The second-order valence-electron chi connectivity index (χ2n) is 8.64. The van der Waals surface area contributed by atoms with E-state index in [1.165, 1.54) is 4.80 Å². The van der Waals surface area contributed by atoms with Gasteiger partial charge in [-0.15, -0.1) is 4.80 Å². The van der Waals surface area contributed by atoms with Crippen LogP contribution in [-0.4, -0.2) is 66.9 Å². The van der Waals surface area contributed by atoms with Crippen LogP contribution in [0.3, 0.4) is 0 Å². The van der Waals surface area contributed by atoms with Crippen molar-refractivity contribution in [2.24, 2.45) is 5.41 Å². The normalized spacial score (nSPS) is 21.1. The lowest BCUT2D eigenvalue weighted by Gasteiger charge is -2.40. The van der Waals surface area contributed by atoms with Gasteiger partial charge in [-0.1, -0.05) is 0 Å². The molecule has 9 heteroatoms. The van der Waals surface area contributed by atoms with Crippen LogP contribution in [-0.2, 0) is 0 Å². The molecule has 0 bridgehead atoms. The monoisotopic (exact) mass is 418 g/mol. The second kappa shape index (κ2) is 7.72. The predicted octanol–water partition coefficient (Wildman–Crippen LogP) is 2.20. The average Bonchev–Trinajstić information content (AvgIpc) is 3.43. The second-order valence-corrected chi connectivity index (χ2v) is 8.64. The molecule has 31 heavy (non-hydrogen) atoms. The molecule has 0 aromatic carbocycles. The highest BCUT2D eigenvalue weighted by atomic mass is 16.2. The van der Waals surface area contributed by atoms with Gasteiger partial charge in [0.25, 0.3) is 5.91 Å². The molecule has 0 N–H and O–H groups in total. The first-order chi connectivity index (χ1) is 15.0. The van der Waals surface area contributed by atoms with Crippen LogP contribution in [0.5, 0.6) is 0 Å². The molecule has 3 aromatic rings. The minimum atomic E-state index is -0.0652. The van der Waals surface area contributed by atoms with Gasteiger partial charge in [-0.05, 0) is 51.3 Å². The van der Waals surface area contributed by atoms with Crippen molar-refractivity contribution in [3.05, 3.63) is 53.9 Å². The van der Waals surface area contributed by atoms with Crippen LogP contribution in [0.2, 0.25) is 0 Å². The van der Waals surface area contributed by atoms with E-state index >= 15 is 0 Å². The Labute approximate surface area is 181 Å². The first-order valence-corrected chi connectivity index (χ1v) is 10.7. The molecular formula is C22H26N8O. The number of aromatic nitrogens is 6. The smallest absolute Gasteiger partial charge is 0.274 e. The van der Waals surface area contributed by atoms with Gasteiger partial charge in [0.05, 0.1) is 12.4 Å². The van der Waals surface area contributed by atoms with Gasteiger partial charge in [0.1, 0.15) is 5.69 Å². The van der Waals surface area contributed by atoms with Crippen molar-refractivity contribution in [1.29, 1.82) is 0 Å². The van der Waals surface area contributed by atoms with E-state index in [1.807, 2.05) is 30.9 Å². The van der Waals surface area contributed by atoms with Crippen molar-refractivity contribution in [2.75, 3.05) is 31.1 Å². The molecule has 1 atom stereocenters. The van der Waals surface area contributed by atoms with Gasteiger partial charge >= 0.3 is 0 Å². The Balaban J connectivity index is 1.36. The summed E-state index contributed by atoms with van der Waals surface area (Å²) in [5.74, 6) is 0.739. The van der Waals surface area contributed by atoms with Gasteiger partial charge < -0.3 is 9.80 Å². The van der Waals surface area contributed by atoms with Gasteiger partial charge in [-0.2, -0.15) is 10.2 Å². The summed E-state index contributed by atoms with van der Waals surface area (Å²) in [4.78, 5) is 32.8. The van der Waals surface area contributed by atoms with E-state index in [-0.39, 0.29) is 11.3 Å². The molecule has 1 amide bonds. The third kappa shape index (κ3) is 3.75. The van der Waals surface area contributed by atoms with Gasteiger partial charge in [-0.3, -0.25) is 4.79 Å². The van der Waals surface area contributed by atoms with E-state index in [2.05, 4.69) is 30.0 Å². The molecule has 0 saturated carbocycles. The number of piperidine rings is 1. The molecule has 160 valence electrons. The molecule has 9 nitrogen and oxygen atoms in total. The van der Waals surface area contributed by atoms with Crippen LogP contribution in [0, 0.1) is 19.3 Å². The largest absolute Gasteiger partial charge is 0.340 e. The van der Waals surface area contributed by atoms with Gasteiger partial charge in [0.15, 0.2) is 5.69 Å². The molecular weight excluding hydrogens is 392 g/mol. The molecule has 2 aliphatic heterocycles. The van der Waals surface area contributed by atoms with Crippen molar-refractivity contribution >= 4 is 11.9 Å². The lowest BCUT2D eigenvalue weighted by Crippen LogP contribution is -2.46. The quantitative estimate of drug-likeness (QED) is 0.644. The van der Waals surface area contributed by atoms with E-state index in [4.69, 9.17) is 0 Å². The highest BCUT2D eigenvalue weighted by Crippen LogP contribution is 2.40. The summed E-state index contributed by atoms with van der Waals surface area (Å²) >= 11 is 0. The lowest BCUT2D eigenvalue weighted by molar-refractivity contribution is 0.0761. The maximum Gasteiger partial charge on any atom is 0.274 e. The van der Waals surface area contributed by atoms with Crippen LogP contribution < -0.4 is 4.90 Å². The lowest BCUT2D eigenvalue weighted by atomic mass is 9.79. The van der Waals surface area contributed by atoms with Gasteiger partial charge in [-0.25, -0.2) is 15.0 Å². The number of rotatable bonds is 3. The highest BCUT2D eigenvalue weighted by Gasteiger charge is 2.44. The fourth-order valence-corrected chi connectivity index (χ4v) is 4.88. The Morgan fingerprint density at radius 2 is 1.77 bits per heavy atom. The first kappa shape index (κ1) is 19.6. The molecule has 3 aromatic heterocycles. The number of aryl methyl sites for hydroxylation is 2. The van der Waals surface area contributed by atoms with Crippen LogP contribution in [0.15, 0.2) is 36.8 Å². The number of carbonyl (C=O) groups excluding carboxylic acids is 1. The number of hydrogen-bond donors (Lipinski definition) is 0. The van der Waals surface area contributed by atoms with Crippen molar-refractivity contribution in [3.8, 4) is 5.69 Å². The zero-order chi connectivity index (χ0) is 21.4. The zero-order valence-electron chi connectivity index (χ0n) is 17.9. The molecule has 2 aliphatic rings. The van der Waals surface area contributed by atoms with Crippen LogP contribution in [0.25, 0.3) is 5.69 Å². The van der Waals surface area contributed by atoms with Gasteiger partial charge in [0, 0.05) is 49.2 Å². The Morgan fingerprint density at radius 3 is 2.55 bits per heavy atom. The van der Waals surface area contributed by atoms with Crippen molar-refractivity contribution < 1.29 is 4.79 Å².